The number of nitrogens with one attached hydrogen (secondary N) is 2. The van der Waals surface area contributed by atoms with Gasteiger partial charge in [0.25, 0.3) is 5.56 Å². The van der Waals surface area contributed by atoms with Crippen molar-refractivity contribution in [1.29, 1.82) is 0 Å². The second kappa shape index (κ2) is 16.8. The number of fused-ring (bicyclic) bond motifs is 5. The van der Waals surface area contributed by atoms with Crippen LogP contribution in [0.2, 0.25) is 0 Å². The predicted octanol–water partition coefficient (Wildman–Crippen LogP) is 2.36. The summed E-state index contributed by atoms with van der Waals surface area (Å²) in [4.78, 5) is 78.8. The number of aldehydes is 1. The first-order chi connectivity index (χ1) is 26.7. The number of hydrogen-bond donors (Lipinski definition) is 2. The number of amides is 2. The van der Waals surface area contributed by atoms with E-state index in [0.717, 1.165) is 16.5 Å². The number of esters is 1. The Kier molecular flexibility index (Phi) is 11.9. The molecule has 2 aliphatic rings. The average molecular weight is 790 g/mol. The van der Waals surface area contributed by atoms with Crippen LogP contribution in [0.1, 0.15) is 47.8 Å². The van der Waals surface area contributed by atoms with E-state index < -0.39 is 45.6 Å². The number of rotatable bonds is 15. The van der Waals surface area contributed by atoms with E-state index in [1.807, 2.05) is 24.3 Å². The fourth-order valence-corrected chi connectivity index (χ4v) is 7.85. The maximum Gasteiger partial charge on any atom is 0.509 e. The van der Waals surface area contributed by atoms with Gasteiger partial charge in [-0.1, -0.05) is 30.3 Å². The number of sulfonamides is 1. The van der Waals surface area contributed by atoms with E-state index in [0.29, 0.717) is 40.9 Å². The monoisotopic (exact) mass is 789 g/mol. The van der Waals surface area contributed by atoms with Crippen molar-refractivity contribution in [2.45, 2.75) is 52.2 Å². The minimum atomic E-state index is -3.50. The molecule has 4 heterocycles. The lowest BCUT2D eigenvalue weighted by molar-refractivity contribution is -0.159. The summed E-state index contributed by atoms with van der Waals surface area (Å²) in [6.07, 6.45) is -0.762. The van der Waals surface area contributed by atoms with E-state index in [1.54, 1.807) is 44.2 Å². The van der Waals surface area contributed by atoms with Gasteiger partial charge >= 0.3 is 12.1 Å². The van der Waals surface area contributed by atoms with Crippen molar-refractivity contribution in [2.24, 2.45) is 0 Å². The molecule has 1 atom stereocenters. The van der Waals surface area contributed by atoms with Gasteiger partial charge in [-0.05, 0) is 55.7 Å². The Bertz CT molecular complexity index is 2380. The topological polar surface area (TPSA) is 219 Å². The predicted molar refractivity (Wildman–Crippen MR) is 200 cm³/mol. The molecular weight excluding hydrogens is 751 g/mol. The Balaban J connectivity index is 1.16. The van der Waals surface area contributed by atoms with Crippen LogP contribution < -0.4 is 16.2 Å². The second-order valence-corrected chi connectivity index (χ2v) is 15.3. The molecule has 17 nitrogen and oxygen atoms in total. The third-order valence-corrected chi connectivity index (χ3v) is 10.7. The number of nitrogens with zero attached hydrogens (tertiary/aromatic N) is 3. The molecule has 0 saturated carbocycles. The van der Waals surface area contributed by atoms with Crippen LogP contribution in [-0.4, -0.2) is 91.1 Å². The number of benzene rings is 2. The van der Waals surface area contributed by atoms with E-state index in [1.165, 1.54) is 15.1 Å². The molecule has 2 aliphatic heterocycles. The molecule has 2 N–H and O–H groups in total. The Morgan fingerprint density at radius 2 is 1.82 bits per heavy atom. The molecule has 0 unspecified atom stereocenters. The number of anilines is 1. The SMILES string of the molecule is CC(C)N(CCc1c2c(nc3ccccc13)-c1cc3c(c(=O)n1C2)COC(=O)[C@H]3OC(=O)OCc1ccc(NC(=O)CNC(=O)COCC=O)cc1)S(C)(=O)=O. The highest BCUT2D eigenvalue weighted by Gasteiger charge is 2.38. The summed E-state index contributed by atoms with van der Waals surface area (Å²) >= 11 is 0. The molecule has 0 bridgehead atoms. The average Bonchev–Trinajstić information content (AvgIpc) is 3.52. The van der Waals surface area contributed by atoms with Crippen LogP contribution in [-0.2, 0) is 74.3 Å². The quantitative estimate of drug-likeness (QED) is 0.0886. The molecule has 0 fully saturated rings. The summed E-state index contributed by atoms with van der Waals surface area (Å²) in [5, 5.41) is 5.78. The third kappa shape index (κ3) is 8.77. The van der Waals surface area contributed by atoms with Crippen molar-refractivity contribution in [3.63, 3.8) is 0 Å². The van der Waals surface area contributed by atoms with E-state index in [9.17, 15) is 37.2 Å². The van der Waals surface area contributed by atoms with Crippen LogP contribution >= 0.6 is 0 Å². The molecule has 4 aromatic rings. The highest BCUT2D eigenvalue weighted by molar-refractivity contribution is 7.88. The molecule has 294 valence electrons. The standard InChI is InChI=1S/C38H39N5O12S/c1-22(2)43(56(3,50)51)13-12-25-26-6-4-5-7-30(26)41-34-28(25)18-42-31(34)16-27-29(36(42)47)20-53-37(48)35(27)55-38(49)54-19-23-8-10-24(11-9-23)40-32(45)17-39-33(46)21-52-15-14-44/h4-11,14,16,22,35H,12-13,15,17-21H2,1-3H3,(H,39,46)(H,40,45)/t35-/m0/s1. The summed E-state index contributed by atoms with van der Waals surface area (Å²) in [5.74, 6) is -1.96. The zero-order valence-corrected chi connectivity index (χ0v) is 31.6. The minimum absolute atomic E-state index is 0.136. The van der Waals surface area contributed by atoms with Crippen LogP contribution in [0.25, 0.3) is 22.3 Å². The van der Waals surface area contributed by atoms with Crippen molar-refractivity contribution in [1.82, 2.24) is 19.2 Å². The molecule has 0 spiro atoms. The smallest absolute Gasteiger partial charge is 0.458 e. The van der Waals surface area contributed by atoms with Gasteiger partial charge in [0.2, 0.25) is 27.9 Å². The van der Waals surface area contributed by atoms with E-state index in [4.69, 9.17) is 23.9 Å². The number of ether oxygens (including phenoxy) is 4. The molecule has 6 rings (SSSR count). The lowest BCUT2D eigenvalue weighted by Gasteiger charge is -2.24. The van der Waals surface area contributed by atoms with Gasteiger partial charge in [0.05, 0.1) is 41.8 Å². The molecular formula is C38H39N5O12S. The highest BCUT2D eigenvalue weighted by Crippen LogP contribution is 2.39. The summed E-state index contributed by atoms with van der Waals surface area (Å²) in [6.45, 7) is 2.47. The summed E-state index contributed by atoms with van der Waals surface area (Å²) < 4.78 is 48.8. The second-order valence-electron chi connectivity index (χ2n) is 13.4. The van der Waals surface area contributed by atoms with Gasteiger partial charge in [0.1, 0.15) is 32.7 Å². The first-order valence-corrected chi connectivity index (χ1v) is 19.4. The van der Waals surface area contributed by atoms with E-state index in [-0.39, 0.29) is 63.2 Å². The molecule has 2 aromatic carbocycles. The highest BCUT2D eigenvalue weighted by atomic mass is 32.2. The summed E-state index contributed by atoms with van der Waals surface area (Å²) in [7, 11) is -3.50. The number of carbonyl (C=O) groups excluding carboxylic acids is 5. The maximum atomic E-state index is 13.9. The van der Waals surface area contributed by atoms with Crippen molar-refractivity contribution >= 4 is 56.8 Å². The fourth-order valence-electron chi connectivity index (χ4n) is 6.66. The van der Waals surface area contributed by atoms with Crippen molar-refractivity contribution in [3.05, 3.63) is 92.8 Å². The molecule has 0 saturated heterocycles. The van der Waals surface area contributed by atoms with Gasteiger partial charge in [-0.3, -0.25) is 14.4 Å². The Morgan fingerprint density at radius 1 is 1.07 bits per heavy atom. The zero-order chi connectivity index (χ0) is 40.1. The molecule has 2 amide bonds. The normalized spacial score (nSPS) is 14.4. The first kappa shape index (κ1) is 39.7. The van der Waals surface area contributed by atoms with E-state index >= 15 is 0 Å². The lowest BCUT2D eigenvalue weighted by Crippen LogP contribution is -2.37. The number of pyridine rings is 2. The number of hydrogen-bond acceptors (Lipinski definition) is 13. The summed E-state index contributed by atoms with van der Waals surface area (Å²) in [5.41, 5.74) is 3.90. The molecule has 18 heteroatoms. The van der Waals surface area contributed by atoms with Gasteiger partial charge < -0.3 is 38.9 Å². The van der Waals surface area contributed by atoms with Crippen molar-refractivity contribution in [2.75, 3.05) is 37.9 Å². The van der Waals surface area contributed by atoms with Gasteiger partial charge in [-0.15, -0.1) is 0 Å². The Morgan fingerprint density at radius 3 is 2.54 bits per heavy atom. The van der Waals surface area contributed by atoms with E-state index in [2.05, 4.69) is 10.6 Å². The largest absolute Gasteiger partial charge is 0.509 e. The first-order valence-electron chi connectivity index (χ1n) is 17.6. The minimum Gasteiger partial charge on any atom is -0.458 e. The Labute approximate surface area is 320 Å². The van der Waals surface area contributed by atoms with Crippen LogP contribution in [0.3, 0.4) is 0 Å². The number of cyclic esters (lactones) is 1. The van der Waals surface area contributed by atoms with Gasteiger partial charge in [0, 0.05) is 34.8 Å². The number of carbonyl (C=O) groups is 5. The fraction of sp³-hybridized carbons (Fsp3) is 0.342. The molecule has 2 aromatic heterocycles. The molecule has 56 heavy (non-hydrogen) atoms. The van der Waals surface area contributed by atoms with Crippen molar-refractivity contribution < 1.29 is 51.3 Å². The lowest BCUT2D eigenvalue weighted by atomic mass is 9.97. The maximum absolute atomic E-state index is 13.9. The number of aromatic nitrogens is 2. The molecule has 0 aliphatic carbocycles. The van der Waals surface area contributed by atoms with Crippen molar-refractivity contribution in [3.8, 4) is 11.4 Å². The van der Waals surface area contributed by atoms with Gasteiger partial charge in [-0.2, -0.15) is 4.31 Å². The van der Waals surface area contributed by atoms with Crippen LogP contribution in [0, 0.1) is 0 Å². The molecule has 0 radical (unpaired) electrons. The Hall–Kier alpha value is -5.98. The van der Waals surface area contributed by atoms with Crippen LogP contribution in [0.4, 0.5) is 10.5 Å². The van der Waals surface area contributed by atoms with Crippen LogP contribution in [0.5, 0.6) is 0 Å². The van der Waals surface area contributed by atoms with Gasteiger partial charge in [-0.25, -0.2) is 23.0 Å². The number of para-hydroxylation sites is 1. The third-order valence-electron chi connectivity index (χ3n) is 9.22. The zero-order valence-electron chi connectivity index (χ0n) is 30.7. The summed E-state index contributed by atoms with van der Waals surface area (Å²) in [6, 6.07) is 15.0. The van der Waals surface area contributed by atoms with Crippen LogP contribution in [0.15, 0.2) is 59.4 Å². The van der Waals surface area contributed by atoms with Gasteiger partial charge in [0.15, 0.2) is 0 Å².